The predicted octanol–water partition coefficient (Wildman–Crippen LogP) is 8.65. The fourth-order valence-electron chi connectivity index (χ4n) is 5.09. The Morgan fingerprint density at radius 3 is 2.35 bits per heavy atom. The monoisotopic (exact) mass is 641 g/mol. The maximum atomic E-state index is 15.0. The molecule has 1 atom stereocenters. The summed E-state index contributed by atoms with van der Waals surface area (Å²) in [6.45, 7) is 1.39. The second kappa shape index (κ2) is 11.4. The van der Waals surface area contributed by atoms with Gasteiger partial charge in [-0.3, -0.25) is 14.2 Å². The van der Waals surface area contributed by atoms with Crippen LogP contribution in [-0.4, -0.2) is 22.5 Å². The zero-order chi connectivity index (χ0) is 31.3. The largest absolute Gasteiger partial charge is 0.573 e. The van der Waals surface area contributed by atoms with Crippen molar-refractivity contribution < 1.29 is 40.3 Å². The first-order valence-electron chi connectivity index (χ1n) is 12.6. The number of ketones is 1. The Bertz CT molecular complexity index is 1790. The van der Waals surface area contributed by atoms with E-state index in [0.717, 1.165) is 52.7 Å². The molecule has 1 aliphatic heterocycles. The minimum absolute atomic E-state index is 0.0349. The topological polar surface area (TPSA) is 48.3 Å². The van der Waals surface area contributed by atoms with Crippen molar-refractivity contribution in [1.82, 2.24) is 4.57 Å². The first kappa shape index (κ1) is 30.7. The number of nitrogens with zero attached hydrogens (tertiary/aromatic N) is 1. The number of Topliss-reactive ketones (excluding diaryl/α,β-unsaturated/α-hetero) is 1. The van der Waals surface area contributed by atoms with Crippen molar-refractivity contribution in [3.8, 4) is 16.9 Å². The number of thioether (sulfide) groups is 1. The van der Waals surface area contributed by atoms with Crippen LogP contribution in [0.1, 0.15) is 38.7 Å². The number of fused-ring (bicyclic) bond motifs is 1. The molecule has 224 valence electrons. The first-order valence-corrected chi connectivity index (χ1v) is 13.9. The summed E-state index contributed by atoms with van der Waals surface area (Å²) in [5, 5.41) is -0.00425. The Labute approximate surface area is 249 Å². The Morgan fingerprint density at radius 2 is 1.70 bits per heavy atom. The molecule has 5 rings (SSSR count). The molecule has 4 aromatic rings. The number of aromatic nitrogens is 1. The molecule has 13 heteroatoms. The van der Waals surface area contributed by atoms with E-state index in [1.54, 1.807) is 18.2 Å². The van der Waals surface area contributed by atoms with Crippen LogP contribution in [0.5, 0.6) is 5.75 Å². The van der Waals surface area contributed by atoms with Crippen LogP contribution in [-0.2, 0) is 12.6 Å². The Hall–Kier alpha value is -3.77. The minimum Gasteiger partial charge on any atom is -0.406 e. The van der Waals surface area contributed by atoms with Crippen molar-refractivity contribution in [3.05, 3.63) is 116 Å². The molecule has 0 fully saturated rings. The van der Waals surface area contributed by atoms with Gasteiger partial charge in [0.05, 0.1) is 16.2 Å². The number of rotatable bonds is 6. The number of halogens is 8. The van der Waals surface area contributed by atoms with Gasteiger partial charge in [0.25, 0.3) is 5.56 Å². The molecular formula is C30H19ClF7NO3S. The van der Waals surface area contributed by atoms with Crippen molar-refractivity contribution in [1.29, 1.82) is 0 Å². The Balaban J connectivity index is 1.78. The fraction of sp³-hybridized carbons (Fsp3) is 0.200. The summed E-state index contributed by atoms with van der Waals surface area (Å²) in [6, 6.07) is 12.3. The average molecular weight is 642 g/mol. The van der Waals surface area contributed by atoms with Gasteiger partial charge in [-0.25, -0.2) is 4.39 Å². The van der Waals surface area contributed by atoms with E-state index in [2.05, 4.69) is 4.74 Å². The standard InChI is InChI=1S/C30H19ClF7NO3S/c1-15-18(13-19-21(29(33,34)35)8-5-9-23(19)32)28-39(24(14-43-28)26(40)16-6-3-2-4-7-16)27(41)25(15)20-12-17(10-11-22(20)31)42-30(36,37)38/h2-12,24H,13-14H2,1H3. The highest BCUT2D eigenvalue weighted by molar-refractivity contribution is 7.99. The number of pyridine rings is 1. The lowest BCUT2D eigenvalue weighted by Crippen LogP contribution is -2.31. The number of hydrogen-bond donors (Lipinski definition) is 0. The lowest BCUT2D eigenvalue weighted by atomic mass is 9.92. The predicted molar refractivity (Wildman–Crippen MR) is 147 cm³/mol. The normalized spacial score (nSPS) is 15.0. The summed E-state index contributed by atoms with van der Waals surface area (Å²) in [6.07, 6.45) is -10.6. The van der Waals surface area contributed by atoms with Gasteiger partial charge in [0, 0.05) is 33.9 Å². The maximum Gasteiger partial charge on any atom is 0.573 e. The van der Waals surface area contributed by atoms with Crippen LogP contribution in [0.25, 0.3) is 11.1 Å². The zero-order valence-corrected chi connectivity index (χ0v) is 23.5. The molecule has 0 saturated carbocycles. The lowest BCUT2D eigenvalue weighted by molar-refractivity contribution is -0.274. The summed E-state index contributed by atoms with van der Waals surface area (Å²) in [5.41, 5.74) is -2.74. The number of carbonyl (C=O) groups is 1. The molecule has 0 bridgehead atoms. The lowest BCUT2D eigenvalue weighted by Gasteiger charge is -2.22. The van der Waals surface area contributed by atoms with Gasteiger partial charge < -0.3 is 4.74 Å². The number of alkyl halides is 6. The molecule has 0 saturated heterocycles. The van der Waals surface area contributed by atoms with Crippen LogP contribution in [0.3, 0.4) is 0 Å². The molecule has 1 unspecified atom stereocenters. The van der Waals surface area contributed by atoms with Gasteiger partial charge >= 0.3 is 12.5 Å². The number of ether oxygens (including phenoxy) is 1. The van der Waals surface area contributed by atoms with E-state index in [1.807, 2.05) is 0 Å². The Kier molecular flexibility index (Phi) is 8.12. The fourth-order valence-corrected chi connectivity index (χ4v) is 6.67. The molecule has 0 aliphatic carbocycles. The third kappa shape index (κ3) is 6.03. The molecule has 0 spiro atoms. The molecule has 0 amide bonds. The molecule has 0 radical (unpaired) electrons. The van der Waals surface area contributed by atoms with Crippen molar-refractivity contribution >= 4 is 29.1 Å². The van der Waals surface area contributed by atoms with E-state index < -0.39 is 59.0 Å². The maximum absolute atomic E-state index is 15.0. The number of carbonyl (C=O) groups excluding carboxylic acids is 1. The van der Waals surface area contributed by atoms with Crippen molar-refractivity contribution in [2.45, 2.75) is 37.0 Å². The minimum atomic E-state index is -5.07. The molecular weight excluding hydrogens is 623 g/mol. The molecule has 2 heterocycles. The molecule has 1 aliphatic rings. The zero-order valence-electron chi connectivity index (χ0n) is 21.9. The van der Waals surface area contributed by atoms with E-state index in [1.165, 1.54) is 19.1 Å². The van der Waals surface area contributed by atoms with Gasteiger partial charge in [-0.2, -0.15) is 13.2 Å². The van der Waals surface area contributed by atoms with Crippen LogP contribution < -0.4 is 10.3 Å². The van der Waals surface area contributed by atoms with Crippen LogP contribution in [0.2, 0.25) is 5.02 Å². The third-order valence-electron chi connectivity index (χ3n) is 7.01. The van der Waals surface area contributed by atoms with Gasteiger partial charge in [0.15, 0.2) is 5.78 Å². The van der Waals surface area contributed by atoms with Crippen LogP contribution in [0, 0.1) is 12.7 Å². The highest BCUT2D eigenvalue weighted by Crippen LogP contribution is 2.43. The highest BCUT2D eigenvalue weighted by Gasteiger charge is 2.38. The van der Waals surface area contributed by atoms with Crippen LogP contribution in [0.4, 0.5) is 30.7 Å². The smallest absolute Gasteiger partial charge is 0.406 e. The molecule has 1 aromatic heterocycles. The first-order chi connectivity index (χ1) is 20.2. The van der Waals surface area contributed by atoms with Gasteiger partial charge in [0.2, 0.25) is 0 Å². The summed E-state index contributed by atoms with van der Waals surface area (Å²) >= 11 is 7.39. The van der Waals surface area contributed by atoms with Gasteiger partial charge in [-0.05, 0) is 48.4 Å². The average Bonchev–Trinajstić information content (AvgIpc) is 3.37. The van der Waals surface area contributed by atoms with E-state index >= 15 is 0 Å². The van der Waals surface area contributed by atoms with E-state index in [-0.39, 0.29) is 43.6 Å². The summed E-state index contributed by atoms with van der Waals surface area (Å²) in [4.78, 5) is 27.6. The van der Waals surface area contributed by atoms with Gasteiger partial charge in [0.1, 0.15) is 17.6 Å². The van der Waals surface area contributed by atoms with E-state index in [4.69, 9.17) is 11.6 Å². The summed E-state index contributed by atoms with van der Waals surface area (Å²) in [7, 11) is 0. The molecule has 43 heavy (non-hydrogen) atoms. The molecule has 4 nitrogen and oxygen atoms in total. The van der Waals surface area contributed by atoms with Crippen LogP contribution >= 0.6 is 23.4 Å². The van der Waals surface area contributed by atoms with Crippen molar-refractivity contribution in [2.75, 3.05) is 5.75 Å². The van der Waals surface area contributed by atoms with Crippen molar-refractivity contribution in [3.63, 3.8) is 0 Å². The Morgan fingerprint density at radius 1 is 1.00 bits per heavy atom. The molecule has 3 aromatic carbocycles. The second-order valence-corrected chi connectivity index (χ2v) is 11.1. The number of benzene rings is 3. The number of hydrogen-bond acceptors (Lipinski definition) is 4. The van der Waals surface area contributed by atoms with Crippen LogP contribution in [0.15, 0.2) is 76.6 Å². The van der Waals surface area contributed by atoms with Crippen molar-refractivity contribution in [2.24, 2.45) is 0 Å². The van der Waals surface area contributed by atoms with Gasteiger partial charge in [-0.15, -0.1) is 24.9 Å². The van der Waals surface area contributed by atoms with E-state index in [9.17, 15) is 40.3 Å². The van der Waals surface area contributed by atoms with E-state index in [0.29, 0.717) is 0 Å². The third-order valence-corrected chi connectivity index (χ3v) is 8.53. The second-order valence-electron chi connectivity index (χ2n) is 9.65. The SMILES string of the molecule is Cc1c(Cc2c(F)cccc2C(F)(F)F)c2n(c(=O)c1-c1cc(OC(F)(F)F)ccc1Cl)C(C(=O)c1ccccc1)CS2. The summed E-state index contributed by atoms with van der Waals surface area (Å²) in [5.74, 6) is -2.26. The molecule has 0 N–H and O–H groups in total. The summed E-state index contributed by atoms with van der Waals surface area (Å²) < 4.78 is 101. The highest BCUT2D eigenvalue weighted by atomic mass is 35.5. The quantitative estimate of drug-likeness (QED) is 0.156. The van der Waals surface area contributed by atoms with Gasteiger partial charge in [-0.1, -0.05) is 48.0 Å².